The number of hydrogen-bond acceptors (Lipinski definition) is 4. The van der Waals surface area contributed by atoms with Gasteiger partial charge in [0.05, 0.1) is 12.7 Å². The molecule has 1 aliphatic rings. The molecular weight excluding hydrogens is 365 g/mol. The van der Waals surface area contributed by atoms with E-state index in [0.29, 0.717) is 11.6 Å². The van der Waals surface area contributed by atoms with Crippen molar-refractivity contribution in [3.8, 4) is 11.3 Å². The zero-order valence-corrected chi connectivity index (χ0v) is 15.7. The first-order valence-corrected chi connectivity index (χ1v) is 9.44. The molecule has 0 aliphatic carbocycles. The zero-order valence-electron chi connectivity index (χ0n) is 14.9. The normalized spacial score (nSPS) is 15.9. The van der Waals surface area contributed by atoms with Gasteiger partial charge in [0.15, 0.2) is 5.76 Å². The summed E-state index contributed by atoms with van der Waals surface area (Å²) < 4.78 is 19.1. The smallest absolute Gasteiger partial charge is 0.209 e. The summed E-state index contributed by atoms with van der Waals surface area (Å²) in [6.07, 6.45) is 1.79. The van der Waals surface area contributed by atoms with E-state index in [9.17, 15) is 4.39 Å². The molecule has 140 valence electrons. The number of halogens is 2. The molecule has 4 rings (SSSR count). The van der Waals surface area contributed by atoms with Crippen LogP contribution in [-0.4, -0.2) is 41.0 Å². The van der Waals surface area contributed by atoms with Gasteiger partial charge >= 0.3 is 0 Å². The van der Waals surface area contributed by atoms with Crippen molar-refractivity contribution in [1.29, 1.82) is 0 Å². The van der Waals surface area contributed by atoms with E-state index in [1.165, 1.54) is 12.1 Å². The van der Waals surface area contributed by atoms with Crippen LogP contribution < -0.4 is 0 Å². The average molecular weight is 386 g/mol. The molecule has 27 heavy (non-hydrogen) atoms. The van der Waals surface area contributed by atoms with Crippen LogP contribution in [0, 0.1) is 5.82 Å². The van der Waals surface area contributed by atoms with Crippen molar-refractivity contribution in [2.24, 2.45) is 0 Å². The van der Waals surface area contributed by atoms with Gasteiger partial charge in [-0.25, -0.2) is 9.37 Å². The van der Waals surface area contributed by atoms with Gasteiger partial charge in [0, 0.05) is 43.3 Å². The largest absolute Gasteiger partial charge is 0.439 e. The van der Waals surface area contributed by atoms with Crippen LogP contribution in [-0.2, 0) is 13.1 Å². The van der Waals surface area contributed by atoms with E-state index in [1.807, 2.05) is 30.3 Å². The summed E-state index contributed by atoms with van der Waals surface area (Å²) >= 11 is 6.14. The molecule has 4 nitrogen and oxygen atoms in total. The van der Waals surface area contributed by atoms with Gasteiger partial charge in [0.25, 0.3) is 0 Å². The SMILES string of the molecule is Fc1ccc(CN2CCN(Cc3ncc(-c4ccccc4)o3)CC2)c(Cl)c1. The first-order valence-electron chi connectivity index (χ1n) is 9.06. The van der Waals surface area contributed by atoms with Gasteiger partial charge in [-0.1, -0.05) is 48.0 Å². The second-order valence-electron chi connectivity index (χ2n) is 6.77. The van der Waals surface area contributed by atoms with E-state index in [-0.39, 0.29) is 5.82 Å². The molecule has 0 radical (unpaired) electrons. The summed E-state index contributed by atoms with van der Waals surface area (Å²) in [7, 11) is 0. The summed E-state index contributed by atoms with van der Waals surface area (Å²) in [4.78, 5) is 9.09. The Morgan fingerprint density at radius 3 is 2.37 bits per heavy atom. The minimum absolute atomic E-state index is 0.297. The summed E-state index contributed by atoms with van der Waals surface area (Å²) in [5.41, 5.74) is 2.00. The van der Waals surface area contributed by atoms with Crippen molar-refractivity contribution in [1.82, 2.24) is 14.8 Å². The highest BCUT2D eigenvalue weighted by Crippen LogP contribution is 2.22. The number of rotatable bonds is 5. The van der Waals surface area contributed by atoms with Gasteiger partial charge in [0.2, 0.25) is 5.89 Å². The van der Waals surface area contributed by atoms with E-state index in [2.05, 4.69) is 14.8 Å². The van der Waals surface area contributed by atoms with Crippen LogP contribution in [0.2, 0.25) is 5.02 Å². The van der Waals surface area contributed by atoms with Crippen molar-refractivity contribution in [3.63, 3.8) is 0 Å². The summed E-state index contributed by atoms with van der Waals surface area (Å²) in [6.45, 7) is 5.17. The Kier molecular flexibility index (Phi) is 5.53. The van der Waals surface area contributed by atoms with Gasteiger partial charge < -0.3 is 4.42 Å². The molecule has 1 aliphatic heterocycles. The minimum atomic E-state index is -0.297. The standard InChI is InChI=1S/C21H21ClFN3O/c22-19-12-18(23)7-6-17(19)14-25-8-10-26(11-9-25)15-21-24-13-20(27-21)16-4-2-1-3-5-16/h1-7,12-13H,8-11,14-15H2. The molecule has 2 heterocycles. The van der Waals surface area contributed by atoms with Crippen LogP contribution >= 0.6 is 11.6 Å². The molecule has 0 atom stereocenters. The first-order chi connectivity index (χ1) is 13.2. The van der Waals surface area contributed by atoms with Gasteiger partial charge in [-0.15, -0.1) is 0 Å². The number of piperazine rings is 1. The Morgan fingerprint density at radius 1 is 0.963 bits per heavy atom. The van der Waals surface area contributed by atoms with Crippen LogP contribution in [0.4, 0.5) is 4.39 Å². The number of benzene rings is 2. The molecule has 0 bridgehead atoms. The predicted molar refractivity (Wildman–Crippen MR) is 104 cm³/mol. The van der Waals surface area contributed by atoms with Crippen LogP contribution in [0.5, 0.6) is 0 Å². The fourth-order valence-electron chi connectivity index (χ4n) is 3.31. The highest BCUT2D eigenvalue weighted by Gasteiger charge is 2.19. The lowest BCUT2D eigenvalue weighted by Crippen LogP contribution is -2.45. The lowest BCUT2D eigenvalue weighted by molar-refractivity contribution is 0.114. The fourth-order valence-corrected chi connectivity index (χ4v) is 3.53. The first kappa shape index (κ1) is 18.2. The van der Waals surface area contributed by atoms with E-state index < -0.39 is 0 Å². The molecule has 1 saturated heterocycles. The van der Waals surface area contributed by atoms with Gasteiger partial charge in [-0.3, -0.25) is 9.80 Å². The van der Waals surface area contributed by atoms with Crippen molar-refractivity contribution in [2.75, 3.05) is 26.2 Å². The second kappa shape index (κ2) is 8.21. The van der Waals surface area contributed by atoms with Crippen LogP contribution in [0.15, 0.2) is 59.1 Å². The molecule has 1 fully saturated rings. The van der Waals surface area contributed by atoms with Crippen molar-refractivity contribution in [3.05, 3.63) is 77.0 Å². The fraction of sp³-hybridized carbons (Fsp3) is 0.286. The Morgan fingerprint density at radius 2 is 1.67 bits per heavy atom. The number of aromatic nitrogens is 1. The number of nitrogens with zero attached hydrogens (tertiary/aromatic N) is 3. The lowest BCUT2D eigenvalue weighted by Gasteiger charge is -2.34. The maximum absolute atomic E-state index is 13.2. The second-order valence-corrected chi connectivity index (χ2v) is 7.18. The maximum Gasteiger partial charge on any atom is 0.209 e. The highest BCUT2D eigenvalue weighted by atomic mass is 35.5. The third-order valence-corrected chi connectivity index (χ3v) is 5.20. The lowest BCUT2D eigenvalue weighted by atomic mass is 10.2. The van der Waals surface area contributed by atoms with Gasteiger partial charge in [-0.05, 0) is 17.7 Å². The van der Waals surface area contributed by atoms with Crippen molar-refractivity contribution in [2.45, 2.75) is 13.1 Å². The van der Waals surface area contributed by atoms with Crippen LogP contribution in [0.3, 0.4) is 0 Å². The molecule has 0 N–H and O–H groups in total. The predicted octanol–water partition coefficient (Wildman–Crippen LogP) is 4.45. The average Bonchev–Trinajstić information content (AvgIpc) is 3.15. The topological polar surface area (TPSA) is 32.5 Å². The summed E-state index contributed by atoms with van der Waals surface area (Å²) in [6, 6.07) is 14.6. The van der Waals surface area contributed by atoms with E-state index >= 15 is 0 Å². The Balaban J connectivity index is 1.30. The van der Waals surface area contributed by atoms with Crippen molar-refractivity contribution < 1.29 is 8.81 Å². The molecule has 0 amide bonds. The maximum atomic E-state index is 13.2. The molecular formula is C21H21ClFN3O. The van der Waals surface area contributed by atoms with Gasteiger partial charge in [-0.2, -0.15) is 0 Å². The number of oxazole rings is 1. The Hall–Kier alpha value is -2.21. The Bertz CT molecular complexity index is 891. The van der Waals surface area contributed by atoms with E-state index in [1.54, 1.807) is 12.3 Å². The molecule has 2 aromatic carbocycles. The third kappa shape index (κ3) is 4.56. The highest BCUT2D eigenvalue weighted by molar-refractivity contribution is 6.31. The van der Waals surface area contributed by atoms with Gasteiger partial charge in [0.1, 0.15) is 5.82 Å². The Labute approximate surface area is 163 Å². The van der Waals surface area contributed by atoms with Crippen LogP contribution in [0.25, 0.3) is 11.3 Å². The minimum Gasteiger partial charge on any atom is -0.439 e. The molecule has 1 aromatic heterocycles. The molecule has 0 saturated carbocycles. The third-order valence-electron chi connectivity index (χ3n) is 4.84. The molecule has 0 unspecified atom stereocenters. The summed E-state index contributed by atoms with van der Waals surface area (Å²) in [5.74, 6) is 1.24. The van der Waals surface area contributed by atoms with Crippen molar-refractivity contribution >= 4 is 11.6 Å². The quantitative estimate of drug-likeness (QED) is 0.649. The van der Waals surface area contributed by atoms with E-state index in [4.69, 9.17) is 16.0 Å². The molecule has 0 spiro atoms. The molecule has 3 aromatic rings. The number of hydrogen-bond donors (Lipinski definition) is 0. The zero-order chi connectivity index (χ0) is 18.6. The monoisotopic (exact) mass is 385 g/mol. The van der Waals surface area contributed by atoms with E-state index in [0.717, 1.165) is 55.5 Å². The van der Waals surface area contributed by atoms with Crippen LogP contribution in [0.1, 0.15) is 11.5 Å². The summed E-state index contributed by atoms with van der Waals surface area (Å²) in [5, 5.41) is 0.491. The molecule has 6 heteroatoms.